The Morgan fingerprint density at radius 2 is 1.79 bits per heavy atom. The Balaban J connectivity index is 0.00000264. The molecule has 2 amide bonds. The van der Waals surface area contributed by atoms with Crippen LogP contribution in [0.25, 0.3) is 0 Å². The van der Waals surface area contributed by atoms with E-state index in [1.54, 1.807) is 12.1 Å². The van der Waals surface area contributed by atoms with Gasteiger partial charge in [-0.3, -0.25) is 14.5 Å². The minimum atomic E-state index is 0. The van der Waals surface area contributed by atoms with Crippen LogP contribution in [-0.2, 0) is 4.79 Å². The maximum absolute atomic E-state index is 12.6. The molecule has 1 saturated heterocycles. The molecular formula is C16H26Cl2N4O2. The molecule has 1 aliphatic heterocycles. The lowest BCUT2D eigenvalue weighted by Gasteiger charge is -2.34. The van der Waals surface area contributed by atoms with Gasteiger partial charge in [-0.1, -0.05) is 6.07 Å². The number of aryl methyl sites for hydroxylation is 1. The zero-order valence-corrected chi connectivity index (χ0v) is 15.7. The van der Waals surface area contributed by atoms with Crippen LogP contribution in [0.5, 0.6) is 0 Å². The number of carbonyl (C=O) groups is 2. The number of hydrogen-bond donors (Lipinski definition) is 2. The monoisotopic (exact) mass is 376 g/mol. The second kappa shape index (κ2) is 10.4. The van der Waals surface area contributed by atoms with Gasteiger partial charge in [0, 0.05) is 44.0 Å². The van der Waals surface area contributed by atoms with Crippen molar-refractivity contribution >= 4 is 42.3 Å². The summed E-state index contributed by atoms with van der Waals surface area (Å²) in [7, 11) is 0. The number of piperazine rings is 1. The van der Waals surface area contributed by atoms with Gasteiger partial charge in [0.2, 0.25) is 5.91 Å². The highest BCUT2D eigenvalue weighted by atomic mass is 35.5. The Bertz CT molecular complexity index is 561. The zero-order chi connectivity index (χ0) is 16.1. The lowest BCUT2D eigenvalue weighted by Crippen LogP contribution is -2.51. The molecule has 0 unspecified atom stereocenters. The van der Waals surface area contributed by atoms with E-state index in [9.17, 15) is 9.59 Å². The predicted molar refractivity (Wildman–Crippen MR) is 101 cm³/mol. The maximum Gasteiger partial charge on any atom is 0.254 e. The minimum absolute atomic E-state index is 0. The SMILES string of the molecule is CCNC(=O)CN1CCN(C(=O)c2cc(N)ccc2C)CC1.Cl.Cl. The number of rotatable bonds is 4. The van der Waals surface area contributed by atoms with Crippen molar-refractivity contribution in [2.24, 2.45) is 0 Å². The summed E-state index contributed by atoms with van der Waals surface area (Å²) in [4.78, 5) is 28.1. The fourth-order valence-corrected chi connectivity index (χ4v) is 2.61. The van der Waals surface area contributed by atoms with Gasteiger partial charge in [0.25, 0.3) is 5.91 Å². The van der Waals surface area contributed by atoms with Gasteiger partial charge >= 0.3 is 0 Å². The number of anilines is 1. The number of hydrogen-bond acceptors (Lipinski definition) is 4. The number of nitrogens with one attached hydrogen (secondary N) is 1. The summed E-state index contributed by atoms with van der Waals surface area (Å²) in [6.45, 7) is 7.55. The van der Waals surface area contributed by atoms with Crippen LogP contribution >= 0.6 is 24.8 Å². The average molecular weight is 377 g/mol. The van der Waals surface area contributed by atoms with Gasteiger partial charge in [-0.2, -0.15) is 0 Å². The van der Waals surface area contributed by atoms with Gasteiger partial charge in [-0.15, -0.1) is 24.8 Å². The van der Waals surface area contributed by atoms with Crippen LogP contribution in [0.1, 0.15) is 22.8 Å². The van der Waals surface area contributed by atoms with E-state index in [2.05, 4.69) is 10.2 Å². The number of benzene rings is 1. The maximum atomic E-state index is 12.6. The third kappa shape index (κ3) is 5.85. The Kier molecular flexibility index (Phi) is 9.73. The molecular weight excluding hydrogens is 351 g/mol. The van der Waals surface area contributed by atoms with E-state index in [1.165, 1.54) is 0 Å². The Labute approximate surface area is 155 Å². The van der Waals surface area contributed by atoms with Crippen molar-refractivity contribution < 1.29 is 9.59 Å². The number of nitrogens with two attached hydrogens (primary N) is 1. The van der Waals surface area contributed by atoms with Gasteiger partial charge in [-0.25, -0.2) is 0 Å². The highest BCUT2D eigenvalue weighted by molar-refractivity contribution is 5.96. The van der Waals surface area contributed by atoms with Crippen molar-refractivity contribution in [1.82, 2.24) is 15.1 Å². The van der Waals surface area contributed by atoms with Crippen molar-refractivity contribution in [2.75, 3.05) is 45.0 Å². The molecule has 0 radical (unpaired) electrons. The highest BCUT2D eigenvalue weighted by Gasteiger charge is 2.24. The van der Waals surface area contributed by atoms with E-state index in [0.29, 0.717) is 50.5 Å². The molecule has 2 rings (SSSR count). The normalized spacial score (nSPS) is 14.3. The first kappa shape index (κ1) is 22.5. The van der Waals surface area contributed by atoms with E-state index in [0.717, 1.165) is 5.56 Å². The number of halogens is 2. The lowest BCUT2D eigenvalue weighted by molar-refractivity contribution is -0.122. The van der Waals surface area contributed by atoms with Crippen LogP contribution in [0.3, 0.4) is 0 Å². The summed E-state index contributed by atoms with van der Waals surface area (Å²) < 4.78 is 0. The topological polar surface area (TPSA) is 78.7 Å². The number of nitrogen functional groups attached to an aromatic ring is 1. The molecule has 0 aromatic heterocycles. The third-order valence-electron chi connectivity index (χ3n) is 3.89. The summed E-state index contributed by atoms with van der Waals surface area (Å²) >= 11 is 0. The van der Waals surface area contributed by atoms with E-state index in [1.807, 2.05) is 24.8 Å². The molecule has 24 heavy (non-hydrogen) atoms. The van der Waals surface area contributed by atoms with Crippen molar-refractivity contribution in [1.29, 1.82) is 0 Å². The van der Waals surface area contributed by atoms with Gasteiger partial charge in [0.1, 0.15) is 0 Å². The van der Waals surface area contributed by atoms with Crippen LogP contribution in [0.2, 0.25) is 0 Å². The summed E-state index contributed by atoms with van der Waals surface area (Å²) in [6.07, 6.45) is 0. The van der Waals surface area contributed by atoms with E-state index in [4.69, 9.17) is 5.73 Å². The minimum Gasteiger partial charge on any atom is -0.399 e. The van der Waals surface area contributed by atoms with Crippen molar-refractivity contribution in [3.63, 3.8) is 0 Å². The van der Waals surface area contributed by atoms with E-state index >= 15 is 0 Å². The first-order valence-electron chi connectivity index (χ1n) is 7.65. The highest BCUT2D eigenvalue weighted by Crippen LogP contribution is 2.16. The third-order valence-corrected chi connectivity index (χ3v) is 3.89. The zero-order valence-electron chi connectivity index (χ0n) is 14.1. The fraction of sp³-hybridized carbons (Fsp3) is 0.500. The Hall–Kier alpha value is -1.50. The van der Waals surface area contributed by atoms with Crippen LogP contribution < -0.4 is 11.1 Å². The number of amides is 2. The lowest BCUT2D eigenvalue weighted by atomic mass is 10.1. The molecule has 0 saturated carbocycles. The van der Waals surface area contributed by atoms with Crippen molar-refractivity contribution in [3.05, 3.63) is 29.3 Å². The fourth-order valence-electron chi connectivity index (χ4n) is 2.61. The standard InChI is InChI=1S/C16H24N4O2.2ClH/c1-3-18-15(21)11-19-6-8-20(9-7-19)16(22)14-10-13(17)5-4-12(14)2;;/h4-5,10H,3,6-9,11,17H2,1-2H3,(H,18,21);2*1H. The second-order valence-corrected chi connectivity index (χ2v) is 5.60. The number of likely N-dealkylation sites (N-methyl/N-ethyl adjacent to an activating group) is 1. The molecule has 0 spiro atoms. The van der Waals surface area contributed by atoms with Gasteiger partial charge < -0.3 is 16.0 Å². The van der Waals surface area contributed by atoms with Gasteiger partial charge in [0.15, 0.2) is 0 Å². The molecule has 0 atom stereocenters. The average Bonchev–Trinajstić information content (AvgIpc) is 2.50. The molecule has 1 aliphatic rings. The smallest absolute Gasteiger partial charge is 0.254 e. The van der Waals surface area contributed by atoms with Crippen molar-refractivity contribution in [3.8, 4) is 0 Å². The van der Waals surface area contributed by atoms with Crippen LogP contribution in [-0.4, -0.2) is 60.9 Å². The largest absolute Gasteiger partial charge is 0.399 e. The summed E-state index contributed by atoms with van der Waals surface area (Å²) in [5.41, 5.74) is 7.98. The molecule has 3 N–H and O–H groups in total. The molecule has 1 heterocycles. The molecule has 1 aromatic rings. The molecule has 136 valence electrons. The Morgan fingerprint density at radius 1 is 1.17 bits per heavy atom. The summed E-state index contributed by atoms with van der Waals surface area (Å²) in [5.74, 6) is 0.0522. The summed E-state index contributed by atoms with van der Waals surface area (Å²) in [5, 5.41) is 2.79. The van der Waals surface area contributed by atoms with Crippen LogP contribution in [0.4, 0.5) is 5.69 Å². The molecule has 8 heteroatoms. The number of nitrogens with zero attached hydrogens (tertiary/aromatic N) is 2. The second-order valence-electron chi connectivity index (χ2n) is 5.60. The van der Waals surface area contributed by atoms with Crippen LogP contribution in [0, 0.1) is 6.92 Å². The van der Waals surface area contributed by atoms with Gasteiger partial charge in [0.05, 0.1) is 6.54 Å². The predicted octanol–water partition coefficient (Wildman–Crippen LogP) is 1.31. The molecule has 6 nitrogen and oxygen atoms in total. The van der Waals surface area contributed by atoms with Gasteiger partial charge in [-0.05, 0) is 31.5 Å². The van der Waals surface area contributed by atoms with Crippen LogP contribution in [0.15, 0.2) is 18.2 Å². The number of carbonyl (C=O) groups excluding carboxylic acids is 2. The van der Waals surface area contributed by atoms with E-state index in [-0.39, 0.29) is 36.6 Å². The molecule has 1 fully saturated rings. The molecule has 0 bridgehead atoms. The first-order chi connectivity index (χ1) is 10.5. The first-order valence-corrected chi connectivity index (χ1v) is 7.65. The quantitative estimate of drug-likeness (QED) is 0.776. The Morgan fingerprint density at radius 3 is 2.38 bits per heavy atom. The molecule has 1 aromatic carbocycles. The molecule has 0 aliphatic carbocycles. The summed E-state index contributed by atoms with van der Waals surface area (Å²) in [6, 6.07) is 5.41. The van der Waals surface area contributed by atoms with E-state index < -0.39 is 0 Å². The van der Waals surface area contributed by atoms with Crippen molar-refractivity contribution in [2.45, 2.75) is 13.8 Å².